The fourth-order valence-electron chi connectivity index (χ4n) is 2.61. The maximum absolute atomic E-state index is 12.3. The Balaban J connectivity index is 2.09. The molecule has 0 bridgehead atoms. The second-order valence-electron chi connectivity index (χ2n) is 5.63. The molecule has 0 aliphatic carbocycles. The van der Waals surface area contributed by atoms with Crippen molar-refractivity contribution >= 4 is 15.7 Å². The van der Waals surface area contributed by atoms with E-state index in [0.717, 1.165) is 24.9 Å². The van der Waals surface area contributed by atoms with Crippen LogP contribution in [-0.4, -0.2) is 37.8 Å². The third kappa shape index (κ3) is 3.85. The molecule has 0 spiro atoms. The predicted molar refractivity (Wildman–Crippen MR) is 75.9 cm³/mol. The summed E-state index contributed by atoms with van der Waals surface area (Å²) in [7, 11) is -3.11. The number of carbonyl (C=O) groups is 1. The van der Waals surface area contributed by atoms with Gasteiger partial charge in [-0.15, -0.1) is 0 Å². The van der Waals surface area contributed by atoms with Crippen molar-refractivity contribution < 1.29 is 17.6 Å². The molecule has 1 aromatic heterocycles. The normalized spacial score (nSPS) is 23.8. The Morgan fingerprint density at radius 2 is 2.25 bits per heavy atom. The molecule has 0 saturated carbocycles. The number of furan rings is 1. The summed E-state index contributed by atoms with van der Waals surface area (Å²) in [5, 5.41) is 0. The van der Waals surface area contributed by atoms with Crippen LogP contribution < -0.4 is 0 Å². The minimum Gasteiger partial charge on any atom is -0.467 e. The van der Waals surface area contributed by atoms with Crippen molar-refractivity contribution in [2.24, 2.45) is 5.92 Å². The number of piperidine rings is 1. The number of hydrogen-bond donors (Lipinski definition) is 0. The first kappa shape index (κ1) is 15.1. The summed E-state index contributed by atoms with van der Waals surface area (Å²) in [4.78, 5) is 14.0. The molecule has 0 unspecified atom stereocenters. The zero-order valence-corrected chi connectivity index (χ0v) is 12.7. The number of nitrogens with zero attached hydrogens (tertiary/aromatic N) is 1. The van der Waals surface area contributed by atoms with Gasteiger partial charge in [0, 0.05) is 19.2 Å². The van der Waals surface area contributed by atoms with Gasteiger partial charge in [-0.05, 0) is 30.9 Å². The maximum atomic E-state index is 12.3. The summed E-state index contributed by atoms with van der Waals surface area (Å²) in [6, 6.07) is 3.62. The Hall–Kier alpha value is -1.30. The van der Waals surface area contributed by atoms with Gasteiger partial charge < -0.3 is 9.32 Å². The highest BCUT2D eigenvalue weighted by atomic mass is 32.2. The Morgan fingerprint density at radius 3 is 2.85 bits per heavy atom. The largest absolute Gasteiger partial charge is 0.467 e. The molecule has 0 N–H and O–H groups in total. The smallest absolute Gasteiger partial charge is 0.224 e. The lowest BCUT2D eigenvalue weighted by atomic mass is 9.91. The second-order valence-corrected chi connectivity index (χ2v) is 7.89. The van der Waals surface area contributed by atoms with Crippen LogP contribution in [0.3, 0.4) is 0 Å². The Morgan fingerprint density at radius 1 is 1.50 bits per heavy atom. The molecule has 112 valence electrons. The lowest BCUT2D eigenvalue weighted by Gasteiger charge is -2.37. The van der Waals surface area contributed by atoms with Crippen LogP contribution in [0.1, 0.15) is 38.0 Å². The molecule has 1 aliphatic heterocycles. The van der Waals surface area contributed by atoms with E-state index in [-0.39, 0.29) is 24.1 Å². The summed E-state index contributed by atoms with van der Waals surface area (Å²) < 4.78 is 27.8. The van der Waals surface area contributed by atoms with Gasteiger partial charge in [0.15, 0.2) is 0 Å². The van der Waals surface area contributed by atoms with Gasteiger partial charge in [0.25, 0.3) is 0 Å². The molecule has 6 heteroatoms. The lowest BCUT2D eigenvalue weighted by Crippen LogP contribution is -2.41. The van der Waals surface area contributed by atoms with E-state index in [0.29, 0.717) is 12.5 Å². The summed E-state index contributed by atoms with van der Waals surface area (Å²) >= 11 is 0. The average molecular weight is 299 g/mol. The van der Waals surface area contributed by atoms with Crippen LogP contribution in [0.5, 0.6) is 0 Å². The van der Waals surface area contributed by atoms with Crippen molar-refractivity contribution in [1.82, 2.24) is 4.90 Å². The quantitative estimate of drug-likeness (QED) is 0.853. The van der Waals surface area contributed by atoms with Crippen molar-refractivity contribution in [1.29, 1.82) is 0 Å². The fourth-order valence-corrected chi connectivity index (χ4v) is 3.15. The predicted octanol–water partition coefficient (Wildman–Crippen LogP) is 2.01. The summed E-state index contributed by atoms with van der Waals surface area (Å²) in [6.45, 7) is 2.82. The molecule has 2 atom stereocenters. The minimum absolute atomic E-state index is 0.0461. The molecule has 20 heavy (non-hydrogen) atoms. The van der Waals surface area contributed by atoms with Gasteiger partial charge in [-0.25, -0.2) is 8.42 Å². The number of sulfone groups is 1. The van der Waals surface area contributed by atoms with Crippen LogP contribution in [0, 0.1) is 5.92 Å². The van der Waals surface area contributed by atoms with E-state index in [2.05, 4.69) is 6.92 Å². The third-order valence-corrected chi connectivity index (χ3v) is 4.69. The summed E-state index contributed by atoms with van der Waals surface area (Å²) in [6.07, 6.45) is 4.61. The average Bonchev–Trinajstić information content (AvgIpc) is 2.88. The van der Waals surface area contributed by atoms with Crippen LogP contribution in [-0.2, 0) is 14.6 Å². The molecule has 2 heterocycles. The highest BCUT2D eigenvalue weighted by Gasteiger charge is 2.32. The first-order valence-electron chi connectivity index (χ1n) is 6.87. The molecule has 0 aromatic carbocycles. The van der Waals surface area contributed by atoms with E-state index < -0.39 is 9.84 Å². The van der Waals surface area contributed by atoms with Gasteiger partial charge in [0.05, 0.1) is 18.1 Å². The highest BCUT2D eigenvalue weighted by molar-refractivity contribution is 7.90. The van der Waals surface area contributed by atoms with E-state index in [4.69, 9.17) is 4.42 Å². The van der Waals surface area contributed by atoms with Gasteiger partial charge in [-0.1, -0.05) is 6.92 Å². The Bertz CT molecular complexity index is 550. The molecular weight excluding hydrogens is 278 g/mol. The van der Waals surface area contributed by atoms with Gasteiger partial charge in [-0.3, -0.25) is 4.79 Å². The number of carbonyl (C=O) groups excluding carboxylic acids is 1. The zero-order valence-electron chi connectivity index (χ0n) is 11.9. The van der Waals surface area contributed by atoms with Crippen LogP contribution >= 0.6 is 0 Å². The minimum atomic E-state index is -3.11. The number of rotatable bonds is 4. The molecule has 1 fully saturated rings. The first-order valence-corrected chi connectivity index (χ1v) is 8.93. The van der Waals surface area contributed by atoms with Crippen molar-refractivity contribution in [3.8, 4) is 0 Å². The molecule has 1 aromatic rings. The van der Waals surface area contributed by atoms with Crippen molar-refractivity contribution in [3.05, 3.63) is 24.2 Å². The maximum Gasteiger partial charge on any atom is 0.224 e. The van der Waals surface area contributed by atoms with Gasteiger partial charge in [0.2, 0.25) is 5.91 Å². The van der Waals surface area contributed by atoms with E-state index in [1.807, 2.05) is 12.1 Å². The van der Waals surface area contributed by atoms with E-state index in [1.165, 1.54) is 0 Å². The van der Waals surface area contributed by atoms with Crippen molar-refractivity contribution in [2.45, 2.75) is 32.2 Å². The van der Waals surface area contributed by atoms with Gasteiger partial charge in [0.1, 0.15) is 15.6 Å². The highest BCUT2D eigenvalue weighted by Crippen LogP contribution is 2.34. The molecule has 1 amide bonds. The molecule has 5 nitrogen and oxygen atoms in total. The monoisotopic (exact) mass is 299 g/mol. The van der Waals surface area contributed by atoms with Crippen LogP contribution in [0.15, 0.2) is 22.8 Å². The van der Waals surface area contributed by atoms with Crippen LogP contribution in [0.2, 0.25) is 0 Å². The topological polar surface area (TPSA) is 67.6 Å². The van der Waals surface area contributed by atoms with E-state index in [9.17, 15) is 13.2 Å². The van der Waals surface area contributed by atoms with Crippen LogP contribution in [0.4, 0.5) is 0 Å². The van der Waals surface area contributed by atoms with Crippen molar-refractivity contribution in [3.63, 3.8) is 0 Å². The van der Waals surface area contributed by atoms with Crippen molar-refractivity contribution in [2.75, 3.05) is 18.6 Å². The lowest BCUT2D eigenvalue weighted by molar-refractivity contribution is -0.135. The number of amides is 1. The Kier molecular flexibility index (Phi) is 4.52. The Labute approximate surface area is 119 Å². The molecule has 0 radical (unpaired) electrons. The number of hydrogen-bond acceptors (Lipinski definition) is 4. The summed E-state index contributed by atoms with van der Waals surface area (Å²) in [5.74, 6) is 1.11. The SMILES string of the molecule is C[C@H]1CCN(C(=O)CCS(C)(=O)=O)[C@@H](c2ccco2)C1. The molecule has 1 saturated heterocycles. The van der Waals surface area contributed by atoms with E-state index in [1.54, 1.807) is 11.2 Å². The zero-order chi connectivity index (χ0) is 14.8. The molecule has 1 aliphatic rings. The number of likely N-dealkylation sites (tertiary alicyclic amines) is 1. The summed E-state index contributed by atoms with van der Waals surface area (Å²) in [5.41, 5.74) is 0. The fraction of sp³-hybridized carbons (Fsp3) is 0.643. The molecule has 2 rings (SSSR count). The van der Waals surface area contributed by atoms with Gasteiger partial charge in [-0.2, -0.15) is 0 Å². The third-order valence-electron chi connectivity index (χ3n) is 3.74. The molecular formula is C14H21NO4S. The van der Waals surface area contributed by atoms with Crippen LogP contribution in [0.25, 0.3) is 0 Å². The van der Waals surface area contributed by atoms with E-state index >= 15 is 0 Å². The first-order chi connectivity index (χ1) is 9.37. The second kappa shape index (κ2) is 5.99. The van der Waals surface area contributed by atoms with Gasteiger partial charge >= 0.3 is 0 Å². The standard InChI is InChI=1S/C14H21NO4S/c1-11-5-7-15(14(16)6-9-20(2,17)18)12(10-11)13-4-3-8-19-13/h3-4,8,11-12H,5-7,9-10H2,1-2H3/t11-,12+/m0/s1.